The molecule has 1 aromatic carbocycles. The van der Waals surface area contributed by atoms with Crippen LogP contribution < -0.4 is 0 Å². The summed E-state index contributed by atoms with van der Waals surface area (Å²) in [7, 11) is 0. The molecule has 0 spiro atoms. The summed E-state index contributed by atoms with van der Waals surface area (Å²) < 4.78 is 2.42. The third-order valence-electron chi connectivity index (χ3n) is 3.87. The van der Waals surface area contributed by atoms with Gasteiger partial charge >= 0.3 is 0 Å². The third-order valence-corrected chi connectivity index (χ3v) is 3.87. The summed E-state index contributed by atoms with van der Waals surface area (Å²) in [5, 5.41) is 0. The van der Waals surface area contributed by atoms with Gasteiger partial charge in [0.2, 0.25) is 0 Å². The minimum absolute atomic E-state index is 0. The molecule has 0 amide bonds. The van der Waals surface area contributed by atoms with Gasteiger partial charge in [-0.3, -0.25) is 4.98 Å². The molecule has 2 aromatic rings. The van der Waals surface area contributed by atoms with Crippen molar-refractivity contribution in [1.29, 1.82) is 0 Å². The van der Waals surface area contributed by atoms with Gasteiger partial charge in [-0.1, -0.05) is 19.3 Å². The topological polar surface area (TPSA) is 17.8 Å². The molecule has 1 aliphatic rings. The van der Waals surface area contributed by atoms with Gasteiger partial charge in [0, 0.05) is 38.0 Å². The van der Waals surface area contributed by atoms with Crippen molar-refractivity contribution in [3.05, 3.63) is 42.2 Å². The fraction of sp³-hybridized carbons (Fsp3) is 0.438. The molecule has 0 bridgehead atoms. The molecular formula is C16H19IrN2-. The Morgan fingerprint density at radius 1 is 1.21 bits per heavy atom. The smallest absolute Gasteiger partial charge is 0.0562 e. The molecule has 1 heterocycles. The number of imidazole rings is 1. The Balaban J connectivity index is 0.00000133. The maximum atomic E-state index is 4.59. The van der Waals surface area contributed by atoms with Crippen molar-refractivity contribution in [2.24, 2.45) is 0 Å². The van der Waals surface area contributed by atoms with Gasteiger partial charge in [0.05, 0.1) is 5.82 Å². The maximum absolute atomic E-state index is 4.59. The molecule has 3 heteroatoms. The Morgan fingerprint density at radius 2 is 2.00 bits per heavy atom. The van der Waals surface area contributed by atoms with Crippen LogP contribution in [0.3, 0.4) is 0 Å². The Hall–Kier alpha value is -0.921. The van der Waals surface area contributed by atoms with Gasteiger partial charge < -0.3 is 4.57 Å². The molecule has 103 valence electrons. The van der Waals surface area contributed by atoms with Crippen molar-refractivity contribution < 1.29 is 20.1 Å². The molecule has 1 aromatic heterocycles. The van der Waals surface area contributed by atoms with Crippen LogP contribution in [0.2, 0.25) is 0 Å². The Kier molecular flexibility index (Phi) is 4.95. The van der Waals surface area contributed by atoms with E-state index in [2.05, 4.69) is 34.7 Å². The van der Waals surface area contributed by atoms with Crippen molar-refractivity contribution >= 4 is 0 Å². The molecule has 2 nitrogen and oxygen atoms in total. The summed E-state index contributed by atoms with van der Waals surface area (Å²) in [6.07, 6.45) is 8.65. The van der Waals surface area contributed by atoms with Crippen molar-refractivity contribution in [2.45, 2.75) is 45.1 Å². The average molecular weight is 432 g/mol. The van der Waals surface area contributed by atoms with Crippen LogP contribution in [0, 0.1) is 13.0 Å². The minimum Gasteiger partial charge on any atom is -0.365 e. The molecule has 1 radical (unpaired) electrons. The number of aromatic nitrogens is 2. The molecule has 1 fully saturated rings. The predicted octanol–water partition coefficient (Wildman–Crippen LogP) is 4.16. The molecule has 3 rings (SSSR count). The monoisotopic (exact) mass is 432 g/mol. The van der Waals surface area contributed by atoms with Gasteiger partial charge in [0.1, 0.15) is 0 Å². The number of nitrogens with zero attached hydrogens (tertiary/aromatic N) is 2. The third kappa shape index (κ3) is 2.98. The van der Waals surface area contributed by atoms with E-state index in [1.165, 1.54) is 37.8 Å². The van der Waals surface area contributed by atoms with E-state index in [0.717, 1.165) is 11.4 Å². The normalized spacial score (nSPS) is 16.1. The molecule has 0 saturated heterocycles. The van der Waals surface area contributed by atoms with Crippen molar-refractivity contribution in [3.8, 4) is 11.4 Å². The van der Waals surface area contributed by atoms with Gasteiger partial charge in [-0.2, -0.15) is 0 Å². The summed E-state index contributed by atoms with van der Waals surface area (Å²) in [6, 6.07) is 12.0. The zero-order chi connectivity index (χ0) is 12.4. The molecule has 0 aliphatic heterocycles. The molecule has 0 unspecified atom stereocenters. The van der Waals surface area contributed by atoms with Gasteiger partial charge in [0.25, 0.3) is 0 Å². The quantitative estimate of drug-likeness (QED) is 0.653. The van der Waals surface area contributed by atoms with E-state index in [9.17, 15) is 0 Å². The molecule has 1 saturated carbocycles. The first kappa shape index (κ1) is 14.5. The molecule has 19 heavy (non-hydrogen) atoms. The summed E-state index contributed by atoms with van der Waals surface area (Å²) in [6.45, 7) is 2.16. The van der Waals surface area contributed by atoms with E-state index in [1.54, 1.807) is 0 Å². The first-order chi connectivity index (χ1) is 8.86. The Morgan fingerprint density at radius 3 is 2.68 bits per heavy atom. The van der Waals surface area contributed by atoms with E-state index in [-0.39, 0.29) is 20.1 Å². The fourth-order valence-corrected chi connectivity index (χ4v) is 2.98. The zero-order valence-corrected chi connectivity index (χ0v) is 13.6. The van der Waals surface area contributed by atoms with E-state index in [0.29, 0.717) is 6.04 Å². The largest absolute Gasteiger partial charge is 0.365 e. The summed E-state index contributed by atoms with van der Waals surface area (Å²) in [5.41, 5.74) is 2.38. The predicted molar refractivity (Wildman–Crippen MR) is 73.4 cm³/mol. The van der Waals surface area contributed by atoms with Crippen LogP contribution in [0.4, 0.5) is 0 Å². The van der Waals surface area contributed by atoms with Crippen LogP contribution in [-0.2, 0) is 20.1 Å². The van der Waals surface area contributed by atoms with Crippen LogP contribution in [0.15, 0.2) is 30.5 Å². The molecule has 0 N–H and O–H groups in total. The average Bonchev–Trinajstić information content (AvgIpc) is 2.83. The SMILES string of the molecule is Cc1cnc(-c2[c-]cccc2)n1C1CCCCC1.[Ir]. The first-order valence-electron chi connectivity index (χ1n) is 6.87. The standard InChI is InChI=1S/C16H19N2.Ir/c1-13-12-17-16(14-8-4-2-5-9-14)18(13)15-10-6-3-7-11-15;/h2,4-5,8,12,15H,3,6-7,10-11H2,1H3;/q-1;. The Labute approximate surface area is 128 Å². The van der Waals surface area contributed by atoms with Crippen molar-refractivity contribution in [1.82, 2.24) is 9.55 Å². The van der Waals surface area contributed by atoms with Crippen molar-refractivity contribution in [2.75, 3.05) is 0 Å². The second-order valence-electron chi connectivity index (χ2n) is 5.16. The van der Waals surface area contributed by atoms with E-state index < -0.39 is 0 Å². The van der Waals surface area contributed by atoms with Gasteiger partial charge in [-0.05, 0) is 19.8 Å². The van der Waals surface area contributed by atoms with Crippen LogP contribution in [0.25, 0.3) is 11.4 Å². The number of hydrogen-bond donors (Lipinski definition) is 0. The molecule has 1 aliphatic carbocycles. The van der Waals surface area contributed by atoms with Crippen LogP contribution in [-0.4, -0.2) is 9.55 Å². The minimum atomic E-state index is 0. The van der Waals surface area contributed by atoms with Gasteiger partial charge in [-0.15, -0.1) is 35.9 Å². The van der Waals surface area contributed by atoms with Crippen LogP contribution in [0.1, 0.15) is 43.8 Å². The number of hydrogen-bond acceptors (Lipinski definition) is 1. The second kappa shape index (κ2) is 6.49. The van der Waals surface area contributed by atoms with E-state index >= 15 is 0 Å². The second-order valence-corrected chi connectivity index (χ2v) is 5.16. The van der Waals surface area contributed by atoms with Crippen LogP contribution in [0.5, 0.6) is 0 Å². The molecular weight excluding hydrogens is 412 g/mol. The van der Waals surface area contributed by atoms with Crippen LogP contribution >= 0.6 is 0 Å². The maximum Gasteiger partial charge on any atom is 0.0562 e. The fourth-order valence-electron chi connectivity index (χ4n) is 2.98. The first-order valence-corrected chi connectivity index (χ1v) is 6.87. The number of benzene rings is 1. The van der Waals surface area contributed by atoms with Gasteiger partial charge in [0.15, 0.2) is 0 Å². The summed E-state index contributed by atoms with van der Waals surface area (Å²) in [4.78, 5) is 4.59. The van der Waals surface area contributed by atoms with E-state index in [4.69, 9.17) is 0 Å². The van der Waals surface area contributed by atoms with E-state index in [1.807, 2.05) is 18.3 Å². The number of aryl methyl sites for hydroxylation is 1. The number of rotatable bonds is 2. The van der Waals surface area contributed by atoms with Crippen molar-refractivity contribution in [3.63, 3.8) is 0 Å². The Bertz CT molecular complexity index is 513. The zero-order valence-electron chi connectivity index (χ0n) is 11.2. The summed E-state index contributed by atoms with van der Waals surface area (Å²) in [5.74, 6) is 1.08. The summed E-state index contributed by atoms with van der Waals surface area (Å²) >= 11 is 0. The molecule has 0 atom stereocenters. The van der Waals surface area contributed by atoms with Gasteiger partial charge in [-0.25, -0.2) is 0 Å².